The van der Waals surface area contributed by atoms with Crippen LogP contribution in [-0.4, -0.2) is 27.8 Å². The summed E-state index contributed by atoms with van der Waals surface area (Å²) >= 11 is 0. The Morgan fingerprint density at radius 3 is 2.68 bits per heavy atom. The number of hydrogen-bond donors (Lipinski definition) is 1. The van der Waals surface area contributed by atoms with Crippen molar-refractivity contribution < 1.29 is 14.3 Å². The fraction of sp³-hybridized carbons (Fsp3) is 0.615. The molecule has 0 radical (unpaired) electrons. The van der Waals surface area contributed by atoms with Crippen molar-refractivity contribution in [3.8, 4) is 0 Å². The number of amides is 1. The predicted octanol–water partition coefficient (Wildman–Crippen LogP) is 1.74. The van der Waals surface area contributed by atoms with Gasteiger partial charge in [0, 0.05) is 12.1 Å². The highest BCUT2D eigenvalue weighted by molar-refractivity contribution is 5.94. The third-order valence-electron chi connectivity index (χ3n) is 2.98. The number of aromatic nitrogens is 2. The lowest BCUT2D eigenvalue weighted by Gasteiger charge is -2.15. The maximum absolute atomic E-state index is 11.9. The third-order valence-corrected chi connectivity index (χ3v) is 2.98. The van der Waals surface area contributed by atoms with Gasteiger partial charge in [0.05, 0.1) is 12.1 Å². The minimum atomic E-state index is -0.788. The molecule has 6 heteroatoms. The van der Waals surface area contributed by atoms with Crippen LogP contribution in [0.5, 0.6) is 0 Å². The first kappa shape index (κ1) is 13.6. The third kappa shape index (κ3) is 3.33. The van der Waals surface area contributed by atoms with Gasteiger partial charge in [0.15, 0.2) is 6.10 Å². The Labute approximate surface area is 112 Å². The van der Waals surface area contributed by atoms with Crippen LogP contribution in [0.25, 0.3) is 0 Å². The maximum Gasteiger partial charge on any atom is 0.309 e. The van der Waals surface area contributed by atoms with E-state index in [-0.39, 0.29) is 23.8 Å². The molecule has 0 unspecified atom stereocenters. The summed E-state index contributed by atoms with van der Waals surface area (Å²) in [7, 11) is 0. The molecule has 0 aromatic carbocycles. The molecule has 2 rings (SSSR count). The Morgan fingerprint density at radius 1 is 1.42 bits per heavy atom. The van der Waals surface area contributed by atoms with Gasteiger partial charge in [-0.2, -0.15) is 5.10 Å². The molecule has 1 N–H and O–H groups in total. The number of esters is 1. The zero-order valence-electron chi connectivity index (χ0n) is 11.4. The number of carbonyl (C=O) groups excluding carboxylic acids is 2. The molecule has 0 saturated heterocycles. The van der Waals surface area contributed by atoms with Crippen molar-refractivity contribution in [2.75, 3.05) is 5.32 Å². The van der Waals surface area contributed by atoms with Crippen LogP contribution in [0.1, 0.15) is 39.7 Å². The van der Waals surface area contributed by atoms with Gasteiger partial charge in [-0.15, -0.1) is 0 Å². The Balaban J connectivity index is 1.92. The lowest BCUT2D eigenvalue weighted by molar-refractivity contribution is -0.154. The molecule has 1 aromatic rings. The van der Waals surface area contributed by atoms with Crippen molar-refractivity contribution in [1.82, 2.24) is 9.78 Å². The fourth-order valence-corrected chi connectivity index (χ4v) is 1.70. The zero-order chi connectivity index (χ0) is 14.0. The first-order valence-corrected chi connectivity index (χ1v) is 6.54. The minimum Gasteiger partial charge on any atom is -0.452 e. The first-order chi connectivity index (χ1) is 8.99. The van der Waals surface area contributed by atoms with E-state index in [2.05, 4.69) is 10.4 Å². The Kier molecular flexibility index (Phi) is 3.87. The standard InChI is InChI=1S/C13H19N3O3/c1-8(2)16-11(6-7-14-16)15-12(17)9(3)19-13(18)10-4-5-10/h6-10H,4-5H2,1-3H3,(H,15,17)/t9-/m0/s1. The van der Waals surface area contributed by atoms with Crippen LogP contribution in [-0.2, 0) is 14.3 Å². The number of carbonyl (C=O) groups is 2. The summed E-state index contributed by atoms with van der Waals surface area (Å²) < 4.78 is 6.81. The van der Waals surface area contributed by atoms with Crippen LogP contribution >= 0.6 is 0 Å². The van der Waals surface area contributed by atoms with Gasteiger partial charge in [0.2, 0.25) is 0 Å². The minimum absolute atomic E-state index is 0.00329. The highest BCUT2D eigenvalue weighted by Crippen LogP contribution is 2.30. The average molecular weight is 265 g/mol. The summed E-state index contributed by atoms with van der Waals surface area (Å²) in [4.78, 5) is 23.4. The van der Waals surface area contributed by atoms with E-state index in [1.165, 1.54) is 0 Å². The highest BCUT2D eigenvalue weighted by Gasteiger charge is 2.33. The monoisotopic (exact) mass is 265 g/mol. The summed E-state index contributed by atoms with van der Waals surface area (Å²) in [6, 6.07) is 1.86. The van der Waals surface area contributed by atoms with Crippen LogP contribution in [0.3, 0.4) is 0 Å². The van der Waals surface area contributed by atoms with Crippen molar-refractivity contribution in [1.29, 1.82) is 0 Å². The molecule has 0 bridgehead atoms. The van der Waals surface area contributed by atoms with Crippen molar-refractivity contribution >= 4 is 17.7 Å². The summed E-state index contributed by atoms with van der Waals surface area (Å²) in [5.74, 6) is -0.0119. The highest BCUT2D eigenvalue weighted by atomic mass is 16.5. The topological polar surface area (TPSA) is 73.2 Å². The average Bonchev–Trinajstić information content (AvgIpc) is 3.09. The number of hydrogen-bond acceptors (Lipinski definition) is 4. The summed E-state index contributed by atoms with van der Waals surface area (Å²) in [5, 5.41) is 6.84. The largest absolute Gasteiger partial charge is 0.452 e. The van der Waals surface area contributed by atoms with Crippen molar-refractivity contribution in [2.24, 2.45) is 5.92 Å². The molecule has 0 aliphatic heterocycles. The molecular weight excluding hydrogens is 246 g/mol. The van der Waals surface area contributed by atoms with Gasteiger partial charge in [0.25, 0.3) is 5.91 Å². The van der Waals surface area contributed by atoms with E-state index in [1.54, 1.807) is 23.9 Å². The quantitative estimate of drug-likeness (QED) is 0.823. The molecule has 1 amide bonds. The molecular formula is C13H19N3O3. The van der Waals surface area contributed by atoms with Gasteiger partial charge in [-0.25, -0.2) is 4.68 Å². The number of ether oxygens (including phenoxy) is 1. The summed E-state index contributed by atoms with van der Waals surface area (Å²) in [5.41, 5.74) is 0. The van der Waals surface area contributed by atoms with Gasteiger partial charge in [-0.1, -0.05) is 0 Å². The van der Waals surface area contributed by atoms with E-state index in [4.69, 9.17) is 4.74 Å². The molecule has 6 nitrogen and oxygen atoms in total. The normalized spacial score (nSPS) is 16.2. The predicted molar refractivity (Wildman–Crippen MR) is 69.5 cm³/mol. The van der Waals surface area contributed by atoms with Crippen LogP contribution in [0.2, 0.25) is 0 Å². The van der Waals surface area contributed by atoms with E-state index < -0.39 is 6.10 Å². The molecule has 104 valence electrons. The molecule has 1 aliphatic rings. The zero-order valence-corrected chi connectivity index (χ0v) is 11.4. The Morgan fingerprint density at radius 2 is 2.11 bits per heavy atom. The molecule has 1 saturated carbocycles. The first-order valence-electron chi connectivity index (χ1n) is 6.54. The second kappa shape index (κ2) is 5.42. The van der Waals surface area contributed by atoms with Crippen molar-refractivity contribution in [3.63, 3.8) is 0 Å². The number of rotatable bonds is 5. The number of nitrogens with zero attached hydrogens (tertiary/aromatic N) is 2. The van der Waals surface area contributed by atoms with E-state index in [9.17, 15) is 9.59 Å². The molecule has 19 heavy (non-hydrogen) atoms. The Bertz CT molecular complexity index is 477. The molecule has 0 spiro atoms. The second-order valence-corrected chi connectivity index (χ2v) is 5.10. The molecule has 1 heterocycles. The smallest absolute Gasteiger partial charge is 0.309 e. The van der Waals surface area contributed by atoms with Crippen LogP contribution in [0.15, 0.2) is 12.3 Å². The molecule has 1 aromatic heterocycles. The molecule has 1 fully saturated rings. The number of anilines is 1. The lowest BCUT2D eigenvalue weighted by atomic mass is 10.3. The maximum atomic E-state index is 11.9. The van der Waals surface area contributed by atoms with Gasteiger partial charge in [-0.05, 0) is 33.6 Å². The van der Waals surface area contributed by atoms with E-state index in [1.807, 2.05) is 13.8 Å². The van der Waals surface area contributed by atoms with Gasteiger partial charge < -0.3 is 10.1 Å². The van der Waals surface area contributed by atoms with Gasteiger partial charge in [0.1, 0.15) is 5.82 Å². The fourth-order valence-electron chi connectivity index (χ4n) is 1.70. The second-order valence-electron chi connectivity index (χ2n) is 5.10. The van der Waals surface area contributed by atoms with Gasteiger partial charge >= 0.3 is 5.97 Å². The molecule has 1 aliphatic carbocycles. The summed E-state index contributed by atoms with van der Waals surface area (Å²) in [6.07, 6.45) is 2.57. The van der Waals surface area contributed by atoms with Gasteiger partial charge in [-0.3, -0.25) is 9.59 Å². The van der Waals surface area contributed by atoms with E-state index >= 15 is 0 Å². The molecule has 1 atom stereocenters. The van der Waals surface area contributed by atoms with Crippen molar-refractivity contribution in [3.05, 3.63) is 12.3 Å². The Hall–Kier alpha value is -1.85. The van der Waals surface area contributed by atoms with E-state index in [0.717, 1.165) is 12.8 Å². The van der Waals surface area contributed by atoms with Crippen LogP contribution in [0, 0.1) is 5.92 Å². The van der Waals surface area contributed by atoms with Crippen LogP contribution in [0.4, 0.5) is 5.82 Å². The van der Waals surface area contributed by atoms with E-state index in [0.29, 0.717) is 5.82 Å². The number of nitrogens with one attached hydrogen (secondary N) is 1. The lowest BCUT2D eigenvalue weighted by Crippen LogP contribution is -2.31. The SMILES string of the molecule is CC(C)n1nccc1NC(=O)[C@H](C)OC(=O)C1CC1. The summed E-state index contributed by atoms with van der Waals surface area (Å²) in [6.45, 7) is 5.52. The van der Waals surface area contributed by atoms with Crippen LogP contribution < -0.4 is 5.32 Å². The van der Waals surface area contributed by atoms with Crippen molar-refractivity contribution in [2.45, 2.75) is 45.8 Å².